The van der Waals surface area contributed by atoms with E-state index in [0.29, 0.717) is 5.56 Å². The van der Waals surface area contributed by atoms with Crippen LogP contribution in [0.2, 0.25) is 0 Å². The summed E-state index contributed by atoms with van der Waals surface area (Å²) < 4.78 is 24.2. The number of hydrogen-bond acceptors (Lipinski definition) is 3. The van der Waals surface area contributed by atoms with Crippen molar-refractivity contribution >= 4 is 21.7 Å². The van der Waals surface area contributed by atoms with Gasteiger partial charge in [-0.25, -0.2) is 13.2 Å². The van der Waals surface area contributed by atoms with Gasteiger partial charge in [-0.15, -0.1) is 0 Å². The van der Waals surface area contributed by atoms with Crippen molar-refractivity contribution < 1.29 is 18.3 Å². The molecule has 2 N–H and O–H groups in total. The summed E-state index contributed by atoms with van der Waals surface area (Å²) in [7, 11) is -3.39. The van der Waals surface area contributed by atoms with E-state index < -0.39 is 16.0 Å². The fourth-order valence-corrected chi connectivity index (χ4v) is 1.68. The van der Waals surface area contributed by atoms with Crippen LogP contribution in [0.3, 0.4) is 0 Å². The predicted octanol–water partition coefficient (Wildman–Crippen LogP) is 1.06. The van der Waals surface area contributed by atoms with Crippen molar-refractivity contribution in [2.75, 3.05) is 11.0 Å². The molecule has 1 rings (SSSR count). The summed E-state index contributed by atoms with van der Waals surface area (Å²) >= 11 is 0. The van der Waals surface area contributed by atoms with Crippen molar-refractivity contribution in [1.29, 1.82) is 0 Å². The highest BCUT2D eigenvalue weighted by molar-refractivity contribution is 7.92. The van der Waals surface area contributed by atoms with Gasteiger partial charge in [0, 0.05) is 0 Å². The lowest BCUT2D eigenvalue weighted by atomic mass is 10.1. The number of sulfonamides is 1. The molecule has 5 nitrogen and oxygen atoms in total. The molecule has 0 saturated heterocycles. The van der Waals surface area contributed by atoms with Gasteiger partial charge in [0.1, 0.15) is 0 Å². The van der Waals surface area contributed by atoms with Crippen molar-refractivity contribution in [3.05, 3.63) is 29.3 Å². The molecule has 6 heteroatoms. The zero-order valence-electron chi connectivity index (χ0n) is 8.31. The maximum absolute atomic E-state index is 11.0. The second-order valence-corrected chi connectivity index (χ2v) is 4.96. The van der Waals surface area contributed by atoms with Gasteiger partial charge in [0.15, 0.2) is 0 Å². The Balaban J connectivity index is 3.17. The highest BCUT2D eigenvalue weighted by Crippen LogP contribution is 2.17. The molecule has 0 aliphatic carbocycles. The van der Waals surface area contributed by atoms with E-state index in [2.05, 4.69) is 4.72 Å². The Morgan fingerprint density at radius 1 is 1.40 bits per heavy atom. The lowest BCUT2D eigenvalue weighted by molar-refractivity contribution is 0.0697. The fourth-order valence-electron chi connectivity index (χ4n) is 1.06. The van der Waals surface area contributed by atoms with Crippen LogP contribution in [-0.2, 0) is 10.0 Å². The SMILES string of the molecule is Cc1ccc(C(=O)O)cc1NS(C)(=O)=O. The molecule has 1 aromatic carbocycles. The van der Waals surface area contributed by atoms with Gasteiger partial charge in [0.25, 0.3) is 0 Å². The van der Waals surface area contributed by atoms with Crippen LogP contribution in [0.4, 0.5) is 5.69 Å². The van der Waals surface area contributed by atoms with Gasteiger partial charge in [-0.05, 0) is 24.6 Å². The topological polar surface area (TPSA) is 83.5 Å². The average molecular weight is 229 g/mol. The van der Waals surface area contributed by atoms with Crippen LogP contribution in [0.5, 0.6) is 0 Å². The van der Waals surface area contributed by atoms with Gasteiger partial charge >= 0.3 is 5.97 Å². The minimum Gasteiger partial charge on any atom is -0.478 e. The van der Waals surface area contributed by atoms with Gasteiger partial charge in [0.05, 0.1) is 17.5 Å². The normalized spacial score (nSPS) is 11.1. The maximum atomic E-state index is 11.0. The van der Waals surface area contributed by atoms with E-state index in [-0.39, 0.29) is 11.3 Å². The molecule has 0 fully saturated rings. The highest BCUT2D eigenvalue weighted by atomic mass is 32.2. The van der Waals surface area contributed by atoms with E-state index in [1.54, 1.807) is 13.0 Å². The largest absolute Gasteiger partial charge is 0.478 e. The summed E-state index contributed by atoms with van der Waals surface area (Å²) in [6, 6.07) is 4.26. The van der Waals surface area contributed by atoms with Crippen LogP contribution in [0.1, 0.15) is 15.9 Å². The molecule has 1 aromatic rings. The second kappa shape index (κ2) is 3.90. The first-order chi connectivity index (χ1) is 6.79. The minimum atomic E-state index is -3.39. The molecule has 0 spiro atoms. The van der Waals surface area contributed by atoms with Gasteiger partial charge in [-0.2, -0.15) is 0 Å². The molecule has 0 radical (unpaired) electrons. The van der Waals surface area contributed by atoms with Gasteiger partial charge in [-0.1, -0.05) is 6.07 Å². The standard InChI is InChI=1S/C9H11NO4S/c1-6-3-4-7(9(11)12)5-8(6)10-15(2,13)14/h3-5,10H,1-2H3,(H,11,12). The third-order valence-electron chi connectivity index (χ3n) is 1.78. The van der Waals surface area contributed by atoms with Crippen molar-refractivity contribution in [2.24, 2.45) is 0 Å². The molecule has 0 bridgehead atoms. The Hall–Kier alpha value is -1.56. The minimum absolute atomic E-state index is 0.0479. The van der Waals surface area contributed by atoms with Crippen LogP contribution < -0.4 is 4.72 Å². The Labute approximate surface area is 87.8 Å². The fraction of sp³-hybridized carbons (Fsp3) is 0.222. The first kappa shape index (κ1) is 11.5. The maximum Gasteiger partial charge on any atom is 0.335 e. The molecule has 0 aliphatic rings. The summed E-state index contributed by atoms with van der Waals surface area (Å²) in [4.78, 5) is 10.7. The first-order valence-electron chi connectivity index (χ1n) is 4.11. The zero-order valence-corrected chi connectivity index (χ0v) is 9.13. The number of carboxylic acids is 1. The van der Waals surface area contributed by atoms with Crippen LogP contribution in [0, 0.1) is 6.92 Å². The summed E-state index contributed by atoms with van der Waals surface area (Å²) in [6.07, 6.45) is 1.01. The van der Waals surface area contributed by atoms with Gasteiger partial charge < -0.3 is 5.11 Å². The number of anilines is 1. The first-order valence-corrected chi connectivity index (χ1v) is 6.00. The smallest absolute Gasteiger partial charge is 0.335 e. The molecule has 0 atom stereocenters. The van der Waals surface area contributed by atoms with E-state index in [4.69, 9.17) is 5.11 Å². The lowest BCUT2D eigenvalue weighted by Crippen LogP contribution is -2.11. The summed E-state index contributed by atoms with van der Waals surface area (Å²) in [5.41, 5.74) is 1.01. The molecule has 82 valence electrons. The number of carbonyl (C=O) groups is 1. The monoisotopic (exact) mass is 229 g/mol. The summed E-state index contributed by atoms with van der Waals surface area (Å²) in [5.74, 6) is -1.09. The Kier molecular flexibility index (Phi) is 2.99. The number of aromatic carboxylic acids is 1. The van der Waals surface area contributed by atoms with E-state index in [1.165, 1.54) is 12.1 Å². The van der Waals surface area contributed by atoms with Crippen molar-refractivity contribution in [1.82, 2.24) is 0 Å². The van der Waals surface area contributed by atoms with Gasteiger partial charge in [-0.3, -0.25) is 4.72 Å². The van der Waals surface area contributed by atoms with Crippen LogP contribution in [0.15, 0.2) is 18.2 Å². The molecule has 0 saturated carbocycles. The molecule has 0 heterocycles. The third kappa shape index (κ3) is 3.25. The van der Waals surface area contributed by atoms with Crippen LogP contribution in [0.25, 0.3) is 0 Å². The number of carboxylic acid groups (broad SMARTS) is 1. The number of rotatable bonds is 3. The Morgan fingerprint density at radius 2 is 2.00 bits per heavy atom. The molecule has 15 heavy (non-hydrogen) atoms. The quantitative estimate of drug-likeness (QED) is 0.811. The molecule has 0 aliphatic heterocycles. The summed E-state index contributed by atoms with van der Waals surface area (Å²) in [5, 5.41) is 8.72. The molecule has 0 unspecified atom stereocenters. The predicted molar refractivity (Wildman–Crippen MR) is 56.6 cm³/mol. The van der Waals surface area contributed by atoms with Crippen molar-refractivity contribution in [3.63, 3.8) is 0 Å². The Bertz CT molecular complexity index is 493. The highest BCUT2D eigenvalue weighted by Gasteiger charge is 2.09. The Morgan fingerprint density at radius 3 is 2.47 bits per heavy atom. The van der Waals surface area contributed by atoms with E-state index in [9.17, 15) is 13.2 Å². The van der Waals surface area contributed by atoms with E-state index in [0.717, 1.165) is 6.26 Å². The van der Waals surface area contributed by atoms with Crippen LogP contribution >= 0.6 is 0 Å². The molecular weight excluding hydrogens is 218 g/mol. The molecule has 0 amide bonds. The molecule has 0 aromatic heterocycles. The molecular formula is C9H11NO4S. The number of aryl methyl sites for hydroxylation is 1. The van der Waals surface area contributed by atoms with E-state index >= 15 is 0 Å². The average Bonchev–Trinajstić information content (AvgIpc) is 2.06. The van der Waals surface area contributed by atoms with Crippen molar-refractivity contribution in [2.45, 2.75) is 6.92 Å². The zero-order chi connectivity index (χ0) is 11.6. The van der Waals surface area contributed by atoms with E-state index in [1.807, 2.05) is 0 Å². The number of benzene rings is 1. The number of nitrogens with one attached hydrogen (secondary N) is 1. The second-order valence-electron chi connectivity index (χ2n) is 3.21. The third-order valence-corrected chi connectivity index (χ3v) is 2.37. The van der Waals surface area contributed by atoms with Gasteiger partial charge in [0.2, 0.25) is 10.0 Å². The van der Waals surface area contributed by atoms with Crippen molar-refractivity contribution in [3.8, 4) is 0 Å². The summed E-state index contributed by atoms with van der Waals surface area (Å²) in [6.45, 7) is 1.69. The number of hydrogen-bond donors (Lipinski definition) is 2. The van der Waals surface area contributed by atoms with Crippen LogP contribution in [-0.4, -0.2) is 25.7 Å². The lowest BCUT2D eigenvalue weighted by Gasteiger charge is -2.08.